The van der Waals surface area contributed by atoms with Gasteiger partial charge in [-0.15, -0.1) is 0 Å². The summed E-state index contributed by atoms with van der Waals surface area (Å²) in [5.41, 5.74) is 1.34. The molecule has 0 saturated carbocycles. The molecule has 1 aromatic heterocycles. The van der Waals surface area contributed by atoms with Crippen LogP contribution in [-0.4, -0.2) is 30.5 Å². The summed E-state index contributed by atoms with van der Waals surface area (Å²) >= 11 is 0. The highest BCUT2D eigenvalue weighted by molar-refractivity contribution is 7.90. The molecule has 1 heterocycles. The highest BCUT2D eigenvalue weighted by Crippen LogP contribution is 2.06. The molecule has 0 radical (unpaired) electrons. The van der Waals surface area contributed by atoms with Crippen LogP contribution in [0.1, 0.15) is 32.8 Å². The molecule has 0 spiro atoms. The van der Waals surface area contributed by atoms with Gasteiger partial charge in [-0.3, -0.25) is 0 Å². The molecule has 5 heteroatoms. The number of aromatic nitrogens is 1. The van der Waals surface area contributed by atoms with Crippen LogP contribution in [0, 0.1) is 0 Å². The fraction of sp³-hybridized carbons (Fsp3) is 0.692. The van der Waals surface area contributed by atoms with Crippen molar-refractivity contribution in [3.63, 3.8) is 0 Å². The van der Waals surface area contributed by atoms with E-state index >= 15 is 0 Å². The van der Waals surface area contributed by atoms with E-state index in [1.807, 2.05) is 10.8 Å². The van der Waals surface area contributed by atoms with Crippen molar-refractivity contribution in [1.82, 2.24) is 9.88 Å². The second-order valence-corrected chi connectivity index (χ2v) is 8.10. The van der Waals surface area contributed by atoms with Gasteiger partial charge < -0.3 is 9.88 Å². The van der Waals surface area contributed by atoms with Crippen LogP contribution in [0.4, 0.5) is 0 Å². The molecule has 1 rings (SSSR count). The first-order valence-electron chi connectivity index (χ1n) is 6.23. The van der Waals surface area contributed by atoms with E-state index < -0.39 is 9.84 Å². The van der Waals surface area contributed by atoms with Gasteiger partial charge in [0.15, 0.2) is 0 Å². The number of nitrogens with zero attached hydrogens (tertiary/aromatic N) is 1. The smallest absolute Gasteiger partial charge is 0.147 e. The minimum atomic E-state index is -2.84. The van der Waals surface area contributed by atoms with Crippen LogP contribution in [0.3, 0.4) is 0 Å². The quantitative estimate of drug-likeness (QED) is 0.859. The number of hydrogen-bond donors (Lipinski definition) is 1. The van der Waals surface area contributed by atoms with Crippen molar-refractivity contribution in [2.24, 2.45) is 0 Å². The summed E-state index contributed by atoms with van der Waals surface area (Å²) in [5.74, 6) is 0.251. The van der Waals surface area contributed by atoms with E-state index in [0.717, 1.165) is 13.1 Å². The summed E-state index contributed by atoms with van der Waals surface area (Å²) in [6.07, 6.45) is 6.02. The fourth-order valence-corrected chi connectivity index (χ4v) is 2.26. The topological polar surface area (TPSA) is 51.1 Å². The zero-order valence-electron chi connectivity index (χ0n) is 11.7. The van der Waals surface area contributed by atoms with Crippen molar-refractivity contribution in [3.05, 3.63) is 24.0 Å². The summed E-state index contributed by atoms with van der Waals surface area (Å²) in [5, 5.41) is 3.42. The lowest BCUT2D eigenvalue weighted by atomic mass is 10.1. The number of hydrogen-bond acceptors (Lipinski definition) is 3. The molecule has 0 bridgehead atoms. The summed E-state index contributed by atoms with van der Waals surface area (Å²) in [7, 11) is -2.84. The predicted molar refractivity (Wildman–Crippen MR) is 75.4 cm³/mol. The lowest BCUT2D eigenvalue weighted by molar-refractivity contribution is 0.424. The van der Waals surface area contributed by atoms with Crippen LogP contribution < -0.4 is 5.32 Å². The lowest BCUT2D eigenvalue weighted by Gasteiger charge is -2.19. The summed E-state index contributed by atoms with van der Waals surface area (Å²) in [6.45, 7) is 7.99. The van der Waals surface area contributed by atoms with Gasteiger partial charge in [-0.1, -0.05) is 0 Å². The molecule has 0 unspecified atom stereocenters. The predicted octanol–water partition coefficient (Wildman–Crippen LogP) is 1.81. The normalized spacial score (nSPS) is 12.9. The minimum absolute atomic E-state index is 0.110. The van der Waals surface area contributed by atoms with Crippen molar-refractivity contribution in [2.75, 3.05) is 12.0 Å². The van der Waals surface area contributed by atoms with Crippen molar-refractivity contribution >= 4 is 9.84 Å². The molecule has 104 valence electrons. The van der Waals surface area contributed by atoms with E-state index in [1.54, 1.807) is 0 Å². The molecule has 0 amide bonds. The second kappa shape index (κ2) is 5.89. The molecule has 4 nitrogen and oxygen atoms in total. The molecule has 1 N–H and O–H groups in total. The van der Waals surface area contributed by atoms with Gasteiger partial charge >= 0.3 is 0 Å². The average molecular weight is 272 g/mol. The van der Waals surface area contributed by atoms with Crippen molar-refractivity contribution in [1.29, 1.82) is 0 Å². The van der Waals surface area contributed by atoms with E-state index in [4.69, 9.17) is 0 Å². The van der Waals surface area contributed by atoms with E-state index in [1.165, 1.54) is 11.8 Å². The van der Waals surface area contributed by atoms with Crippen LogP contribution in [0.2, 0.25) is 0 Å². The Hall–Kier alpha value is -0.810. The maximum absolute atomic E-state index is 11.0. The Labute approximate surface area is 110 Å². The second-order valence-electron chi connectivity index (χ2n) is 5.84. The van der Waals surface area contributed by atoms with Gasteiger partial charge in [0.1, 0.15) is 9.84 Å². The Morgan fingerprint density at radius 2 is 2.00 bits per heavy atom. The largest absolute Gasteiger partial charge is 0.354 e. The van der Waals surface area contributed by atoms with E-state index in [2.05, 4.69) is 38.4 Å². The Morgan fingerprint density at radius 1 is 1.33 bits per heavy atom. The highest BCUT2D eigenvalue weighted by Gasteiger charge is 2.08. The Balaban J connectivity index is 2.39. The monoisotopic (exact) mass is 272 g/mol. The molecule has 18 heavy (non-hydrogen) atoms. The third-order valence-electron chi connectivity index (χ3n) is 2.57. The minimum Gasteiger partial charge on any atom is -0.354 e. The zero-order chi connectivity index (χ0) is 13.8. The third-order valence-corrected chi connectivity index (χ3v) is 3.60. The average Bonchev–Trinajstić information content (AvgIpc) is 2.60. The summed E-state index contributed by atoms with van der Waals surface area (Å²) < 4.78 is 24.1. The van der Waals surface area contributed by atoms with Crippen LogP contribution in [0.25, 0.3) is 0 Å². The van der Waals surface area contributed by atoms with Gasteiger partial charge in [-0.05, 0) is 38.8 Å². The highest BCUT2D eigenvalue weighted by atomic mass is 32.2. The first-order valence-corrected chi connectivity index (χ1v) is 8.29. The van der Waals surface area contributed by atoms with Crippen LogP contribution >= 0.6 is 0 Å². The molecule has 0 atom stereocenters. The summed E-state index contributed by atoms with van der Waals surface area (Å²) in [6, 6.07) is 2.07. The van der Waals surface area contributed by atoms with Crippen LogP contribution in [0.5, 0.6) is 0 Å². The first-order chi connectivity index (χ1) is 8.16. The third kappa shape index (κ3) is 6.81. The lowest BCUT2D eigenvalue weighted by Crippen LogP contribution is -2.34. The number of rotatable bonds is 6. The Bertz CT molecular complexity index is 469. The first kappa shape index (κ1) is 15.2. The van der Waals surface area contributed by atoms with Crippen molar-refractivity contribution in [2.45, 2.75) is 45.8 Å². The molecular formula is C13H24N2O2S. The maximum Gasteiger partial charge on any atom is 0.147 e. The molecule has 0 aliphatic rings. The molecule has 0 aliphatic carbocycles. The number of sulfone groups is 1. The van der Waals surface area contributed by atoms with E-state index in [9.17, 15) is 8.42 Å². The number of nitrogens with one attached hydrogen (secondary N) is 1. The fourth-order valence-electron chi connectivity index (χ4n) is 1.61. The van der Waals surface area contributed by atoms with Crippen LogP contribution in [0.15, 0.2) is 18.5 Å². The molecule has 1 aromatic rings. The molecular weight excluding hydrogens is 248 g/mol. The zero-order valence-corrected chi connectivity index (χ0v) is 12.5. The Morgan fingerprint density at radius 3 is 2.56 bits per heavy atom. The summed E-state index contributed by atoms with van der Waals surface area (Å²) in [4.78, 5) is 0. The Kier molecular flexibility index (Phi) is 4.99. The van der Waals surface area contributed by atoms with Gasteiger partial charge in [0.2, 0.25) is 0 Å². The molecule has 0 fully saturated rings. The van der Waals surface area contributed by atoms with Crippen LogP contribution in [-0.2, 0) is 22.9 Å². The molecule has 0 aromatic carbocycles. The van der Waals surface area contributed by atoms with Gasteiger partial charge in [0.05, 0.1) is 5.75 Å². The van der Waals surface area contributed by atoms with Gasteiger partial charge in [0.25, 0.3) is 0 Å². The molecule has 0 aliphatic heterocycles. The van der Waals surface area contributed by atoms with Crippen molar-refractivity contribution < 1.29 is 8.42 Å². The maximum atomic E-state index is 11.0. The van der Waals surface area contributed by atoms with E-state index in [0.29, 0.717) is 6.42 Å². The number of aryl methyl sites for hydroxylation is 1. The van der Waals surface area contributed by atoms with E-state index in [-0.39, 0.29) is 11.3 Å². The van der Waals surface area contributed by atoms with Gasteiger partial charge in [0, 0.05) is 37.3 Å². The SMILES string of the molecule is CC(C)(C)NCc1ccn(CCCS(C)(=O)=O)c1. The van der Waals surface area contributed by atoms with Crippen molar-refractivity contribution in [3.8, 4) is 0 Å². The standard InChI is InChI=1S/C13H24N2O2S/c1-13(2,3)14-10-12-6-8-15(11-12)7-5-9-18(4,16)17/h6,8,11,14H,5,7,9-10H2,1-4H3. The van der Waals surface area contributed by atoms with Gasteiger partial charge in [-0.2, -0.15) is 0 Å². The van der Waals surface area contributed by atoms with Gasteiger partial charge in [-0.25, -0.2) is 8.42 Å². The molecule has 0 saturated heterocycles.